The van der Waals surface area contributed by atoms with Gasteiger partial charge in [-0.25, -0.2) is 0 Å². The van der Waals surface area contributed by atoms with Crippen LogP contribution in [0, 0.1) is 11.8 Å². The maximum absolute atomic E-state index is 12.4. The van der Waals surface area contributed by atoms with Gasteiger partial charge in [-0.15, -0.1) is 0 Å². The number of amides is 1. The van der Waals surface area contributed by atoms with Crippen molar-refractivity contribution in [2.45, 2.75) is 20.3 Å². The van der Waals surface area contributed by atoms with Gasteiger partial charge in [-0.05, 0) is 12.3 Å². The van der Waals surface area contributed by atoms with Crippen molar-refractivity contribution in [3.05, 3.63) is 0 Å². The van der Waals surface area contributed by atoms with Crippen LogP contribution in [0.25, 0.3) is 0 Å². The lowest BCUT2D eigenvalue weighted by atomic mass is 9.94. The minimum Gasteiger partial charge on any atom is -0.480 e. The quantitative estimate of drug-likeness (QED) is 0.725. The second-order valence-electron chi connectivity index (χ2n) is 5.43. The third kappa shape index (κ3) is 4.80. The third-order valence-electron chi connectivity index (χ3n) is 3.63. The first-order valence-corrected chi connectivity index (χ1v) is 6.88. The van der Waals surface area contributed by atoms with Gasteiger partial charge in [-0.2, -0.15) is 0 Å². The molecule has 19 heavy (non-hydrogen) atoms. The zero-order chi connectivity index (χ0) is 14.4. The van der Waals surface area contributed by atoms with Crippen LogP contribution in [0.5, 0.6) is 0 Å². The zero-order valence-electron chi connectivity index (χ0n) is 11.8. The van der Waals surface area contributed by atoms with Gasteiger partial charge in [0.15, 0.2) is 0 Å². The van der Waals surface area contributed by atoms with Crippen LogP contribution in [-0.4, -0.2) is 66.1 Å². The van der Waals surface area contributed by atoms with Gasteiger partial charge in [0.25, 0.3) is 0 Å². The number of aliphatic carboxylic acids is 1. The minimum absolute atomic E-state index is 0.0481. The number of hydrogen-bond donors (Lipinski definition) is 2. The SMILES string of the molecule is CC(C)C(CN)C(=O)N1CCCN(CC(=O)O)CC1. The van der Waals surface area contributed by atoms with Crippen LogP contribution < -0.4 is 5.73 Å². The molecule has 1 fully saturated rings. The summed E-state index contributed by atoms with van der Waals surface area (Å²) in [7, 11) is 0. The molecule has 1 aliphatic rings. The molecule has 1 rings (SSSR count). The fourth-order valence-electron chi connectivity index (χ4n) is 2.43. The summed E-state index contributed by atoms with van der Waals surface area (Å²) in [5, 5.41) is 8.79. The molecule has 1 aliphatic heterocycles. The van der Waals surface area contributed by atoms with E-state index in [1.807, 2.05) is 23.6 Å². The van der Waals surface area contributed by atoms with Crippen molar-refractivity contribution in [2.75, 3.05) is 39.3 Å². The number of nitrogens with two attached hydrogens (primary N) is 1. The van der Waals surface area contributed by atoms with Crippen molar-refractivity contribution in [2.24, 2.45) is 17.6 Å². The first-order chi connectivity index (χ1) is 8.95. The van der Waals surface area contributed by atoms with Gasteiger partial charge in [0.1, 0.15) is 0 Å². The Morgan fingerprint density at radius 1 is 1.21 bits per heavy atom. The second kappa shape index (κ2) is 7.45. The van der Waals surface area contributed by atoms with Gasteiger partial charge in [0, 0.05) is 32.7 Å². The lowest BCUT2D eigenvalue weighted by molar-refractivity contribution is -0.138. The Morgan fingerprint density at radius 2 is 1.89 bits per heavy atom. The zero-order valence-corrected chi connectivity index (χ0v) is 11.8. The lowest BCUT2D eigenvalue weighted by Crippen LogP contribution is -2.43. The Hall–Kier alpha value is -1.14. The lowest BCUT2D eigenvalue weighted by Gasteiger charge is -2.27. The summed E-state index contributed by atoms with van der Waals surface area (Å²) < 4.78 is 0. The fraction of sp³-hybridized carbons (Fsp3) is 0.846. The molecular formula is C13H25N3O3. The highest BCUT2D eigenvalue weighted by Crippen LogP contribution is 2.14. The summed E-state index contributed by atoms with van der Waals surface area (Å²) in [6.07, 6.45) is 0.814. The normalized spacial score (nSPS) is 19.3. The van der Waals surface area contributed by atoms with E-state index in [0.29, 0.717) is 26.2 Å². The summed E-state index contributed by atoms with van der Waals surface area (Å²) in [6.45, 7) is 7.05. The molecule has 0 bridgehead atoms. The average Bonchev–Trinajstić information content (AvgIpc) is 2.54. The smallest absolute Gasteiger partial charge is 0.317 e. The molecule has 0 saturated carbocycles. The molecule has 0 aromatic carbocycles. The predicted molar refractivity (Wildman–Crippen MR) is 72.7 cm³/mol. The van der Waals surface area contributed by atoms with E-state index in [1.165, 1.54) is 0 Å². The molecule has 6 nitrogen and oxygen atoms in total. The van der Waals surface area contributed by atoms with Gasteiger partial charge in [-0.3, -0.25) is 14.5 Å². The standard InChI is InChI=1S/C13H25N3O3/c1-10(2)11(8-14)13(19)16-5-3-4-15(6-7-16)9-12(17)18/h10-11H,3-9,14H2,1-2H3,(H,17,18). The molecular weight excluding hydrogens is 246 g/mol. The van der Waals surface area contributed by atoms with E-state index in [1.54, 1.807) is 0 Å². The van der Waals surface area contributed by atoms with Crippen molar-refractivity contribution in [1.29, 1.82) is 0 Å². The number of carboxylic acids is 1. The van der Waals surface area contributed by atoms with Crippen LogP contribution >= 0.6 is 0 Å². The average molecular weight is 271 g/mol. The molecule has 3 N–H and O–H groups in total. The van der Waals surface area contributed by atoms with E-state index in [2.05, 4.69) is 0 Å². The Morgan fingerprint density at radius 3 is 2.42 bits per heavy atom. The molecule has 1 unspecified atom stereocenters. The summed E-state index contributed by atoms with van der Waals surface area (Å²) in [4.78, 5) is 26.8. The fourth-order valence-corrected chi connectivity index (χ4v) is 2.43. The van der Waals surface area contributed by atoms with Gasteiger partial charge in [-0.1, -0.05) is 13.8 Å². The van der Waals surface area contributed by atoms with E-state index in [0.717, 1.165) is 13.0 Å². The highest BCUT2D eigenvalue weighted by atomic mass is 16.4. The Balaban J connectivity index is 2.56. The molecule has 110 valence electrons. The van der Waals surface area contributed by atoms with Gasteiger partial charge in [0.2, 0.25) is 5.91 Å². The van der Waals surface area contributed by atoms with Crippen LogP contribution in [0.1, 0.15) is 20.3 Å². The summed E-state index contributed by atoms with van der Waals surface area (Å²) in [5.74, 6) is -0.613. The van der Waals surface area contributed by atoms with Gasteiger partial charge >= 0.3 is 5.97 Å². The Kier molecular flexibility index (Phi) is 6.24. The summed E-state index contributed by atoms with van der Waals surface area (Å²) in [6, 6.07) is 0. The minimum atomic E-state index is -0.818. The largest absolute Gasteiger partial charge is 0.480 e. The van der Waals surface area contributed by atoms with Crippen molar-refractivity contribution in [3.63, 3.8) is 0 Å². The molecule has 1 saturated heterocycles. The number of nitrogens with zero attached hydrogens (tertiary/aromatic N) is 2. The number of carbonyl (C=O) groups excluding carboxylic acids is 1. The van der Waals surface area contributed by atoms with Crippen LogP contribution in [0.15, 0.2) is 0 Å². The summed E-state index contributed by atoms with van der Waals surface area (Å²) in [5.41, 5.74) is 5.68. The second-order valence-corrected chi connectivity index (χ2v) is 5.43. The molecule has 1 amide bonds. The van der Waals surface area contributed by atoms with Crippen molar-refractivity contribution < 1.29 is 14.7 Å². The van der Waals surface area contributed by atoms with Crippen molar-refractivity contribution in [1.82, 2.24) is 9.80 Å². The highest BCUT2D eigenvalue weighted by Gasteiger charge is 2.27. The number of rotatable bonds is 5. The van der Waals surface area contributed by atoms with E-state index < -0.39 is 5.97 Å². The molecule has 0 aromatic heterocycles. The van der Waals surface area contributed by atoms with Crippen LogP contribution in [0.2, 0.25) is 0 Å². The molecule has 0 aromatic rings. The van der Waals surface area contributed by atoms with Crippen LogP contribution in [0.3, 0.4) is 0 Å². The first-order valence-electron chi connectivity index (χ1n) is 6.88. The number of carboxylic acid groups (broad SMARTS) is 1. The monoisotopic (exact) mass is 271 g/mol. The van der Waals surface area contributed by atoms with E-state index >= 15 is 0 Å². The molecule has 6 heteroatoms. The van der Waals surface area contributed by atoms with Gasteiger partial charge < -0.3 is 15.7 Å². The summed E-state index contributed by atoms with van der Waals surface area (Å²) >= 11 is 0. The van der Waals surface area contributed by atoms with E-state index in [9.17, 15) is 9.59 Å². The molecule has 0 spiro atoms. The van der Waals surface area contributed by atoms with Gasteiger partial charge in [0.05, 0.1) is 12.5 Å². The first kappa shape index (κ1) is 15.9. The Bertz CT molecular complexity index is 320. The van der Waals surface area contributed by atoms with Crippen molar-refractivity contribution >= 4 is 11.9 Å². The van der Waals surface area contributed by atoms with E-state index in [-0.39, 0.29) is 24.3 Å². The Labute approximate surface area is 114 Å². The third-order valence-corrected chi connectivity index (χ3v) is 3.63. The highest BCUT2D eigenvalue weighted by molar-refractivity contribution is 5.79. The number of carbonyl (C=O) groups is 2. The topological polar surface area (TPSA) is 86.9 Å². The van der Waals surface area contributed by atoms with Crippen LogP contribution in [0.4, 0.5) is 0 Å². The molecule has 0 aliphatic carbocycles. The van der Waals surface area contributed by atoms with Crippen LogP contribution in [-0.2, 0) is 9.59 Å². The van der Waals surface area contributed by atoms with Crippen molar-refractivity contribution in [3.8, 4) is 0 Å². The molecule has 1 atom stereocenters. The maximum Gasteiger partial charge on any atom is 0.317 e. The molecule has 1 heterocycles. The maximum atomic E-state index is 12.4. The van der Waals surface area contributed by atoms with E-state index in [4.69, 9.17) is 10.8 Å². The molecule has 0 radical (unpaired) electrons. The number of hydrogen-bond acceptors (Lipinski definition) is 4. The predicted octanol–water partition coefficient (Wildman–Crippen LogP) is -0.164.